The summed E-state index contributed by atoms with van der Waals surface area (Å²) in [4.78, 5) is 22.7. The molecule has 0 spiro atoms. The number of aromatic nitrogens is 2. The minimum atomic E-state index is -0.434. The molecule has 1 aromatic heterocycles. The van der Waals surface area contributed by atoms with Crippen LogP contribution in [0.4, 0.5) is 5.82 Å². The van der Waals surface area contributed by atoms with Crippen molar-refractivity contribution >= 4 is 17.6 Å². The Balaban J connectivity index is 2.26. The lowest BCUT2D eigenvalue weighted by atomic mass is 10.4. The lowest BCUT2D eigenvalue weighted by Crippen LogP contribution is -2.38. The molecule has 0 unspecified atom stereocenters. The number of H-pyrrole nitrogens is 1. The van der Waals surface area contributed by atoms with Gasteiger partial charge in [-0.2, -0.15) is 5.10 Å². The van der Waals surface area contributed by atoms with E-state index in [1.165, 1.54) is 13.2 Å². The number of nitrogens with one attached hydrogen (secondary N) is 3. The van der Waals surface area contributed by atoms with E-state index in [2.05, 4.69) is 20.8 Å². The van der Waals surface area contributed by atoms with Gasteiger partial charge in [0.1, 0.15) is 11.5 Å². The number of hydrogen-bond donors (Lipinski definition) is 4. The predicted molar refractivity (Wildman–Crippen MR) is 60.2 cm³/mol. The van der Waals surface area contributed by atoms with Crippen LogP contribution in [-0.4, -0.2) is 48.8 Å². The van der Waals surface area contributed by atoms with Crippen molar-refractivity contribution < 1.29 is 14.3 Å². The fourth-order valence-electron chi connectivity index (χ4n) is 1.06. The zero-order valence-corrected chi connectivity index (χ0v) is 9.45. The van der Waals surface area contributed by atoms with Gasteiger partial charge in [-0.3, -0.25) is 14.7 Å². The number of nitrogens with two attached hydrogens (primary N) is 1. The van der Waals surface area contributed by atoms with Gasteiger partial charge in [0.25, 0.3) is 5.91 Å². The van der Waals surface area contributed by atoms with Crippen LogP contribution in [0, 0.1) is 0 Å². The zero-order valence-electron chi connectivity index (χ0n) is 9.45. The summed E-state index contributed by atoms with van der Waals surface area (Å²) in [6, 6.07) is 1.39. The molecule has 0 aliphatic heterocycles. The molecular formula is C9H15N5O3. The molecule has 1 aromatic rings. The molecule has 17 heavy (non-hydrogen) atoms. The first-order chi connectivity index (χ1) is 8.13. The van der Waals surface area contributed by atoms with E-state index in [0.717, 1.165) is 0 Å². The third-order valence-electron chi connectivity index (χ3n) is 1.88. The summed E-state index contributed by atoms with van der Waals surface area (Å²) in [6.07, 6.45) is 0. The Labute approximate surface area is 97.9 Å². The van der Waals surface area contributed by atoms with E-state index in [1.54, 1.807) is 0 Å². The molecule has 1 rings (SSSR count). The number of aromatic amines is 1. The van der Waals surface area contributed by atoms with Crippen molar-refractivity contribution in [1.29, 1.82) is 0 Å². The summed E-state index contributed by atoms with van der Waals surface area (Å²) in [5.74, 6) is -0.501. The first-order valence-corrected chi connectivity index (χ1v) is 4.98. The van der Waals surface area contributed by atoms with E-state index in [9.17, 15) is 9.59 Å². The van der Waals surface area contributed by atoms with Gasteiger partial charge in [-0.15, -0.1) is 0 Å². The summed E-state index contributed by atoms with van der Waals surface area (Å²) < 4.78 is 4.76. The molecule has 0 fully saturated rings. The highest BCUT2D eigenvalue weighted by atomic mass is 16.5. The summed E-state index contributed by atoms with van der Waals surface area (Å²) in [5.41, 5.74) is 5.55. The number of amides is 2. The quantitative estimate of drug-likeness (QED) is 0.451. The maximum Gasteiger partial charge on any atom is 0.269 e. The number of rotatable bonds is 6. The van der Waals surface area contributed by atoms with E-state index >= 15 is 0 Å². The maximum atomic E-state index is 11.4. The Morgan fingerprint density at radius 3 is 2.88 bits per heavy atom. The van der Waals surface area contributed by atoms with Gasteiger partial charge in [0, 0.05) is 19.7 Å². The van der Waals surface area contributed by atoms with Crippen LogP contribution in [0.25, 0.3) is 0 Å². The molecular weight excluding hydrogens is 226 g/mol. The van der Waals surface area contributed by atoms with Gasteiger partial charge >= 0.3 is 0 Å². The molecule has 0 aliphatic rings. The van der Waals surface area contributed by atoms with Crippen molar-refractivity contribution in [2.75, 3.05) is 32.5 Å². The molecule has 0 saturated heterocycles. The van der Waals surface area contributed by atoms with Crippen LogP contribution in [0.3, 0.4) is 0 Å². The van der Waals surface area contributed by atoms with Crippen molar-refractivity contribution in [2.24, 2.45) is 0 Å². The second-order valence-electron chi connectivity index (χ2n) is 3.23. The van der Waals surface area contributed by atoms with Crippen LogP contribution in [-0.2, 0) is 9.53 Å². The second-order valence-corrected chi connectivity index (χ2v) is 3.23. The molecule has 0 atom stereocenters. The largest absolute Gasteiger partial charge is 0.383 e. The molecule has 0 bridgehead atoms. The lowest BCUT2D eigenvalue weighted by molar-refractivity contribution is -0.120. The van der Waals surface area contributed by atoms with Gasteiger partial charge in [-0.25, -0.2) is 0 Å². The molecule has 0 radical (unpaired) electrons. The van der Waals surface area contributed by atoms with Crippen LogP contribution < -0.4 is 16.4 Å². The van der Waals surface area contributed by atoms with Crippen molar-refractivity contribution in [3.05, 3.63) is 11.8 Å². The third kappa shape index (κ3) is 4.51. The van der Waals surface area contributed by atoms with Crippen molar-refractivity contribution in [2.45, 2.75) is 0 Å². The highest BCUT2D eigenvalue weighted by Crippen LogP contribution is 1.99. The van der Waals surface area contributed by atoms with Gasteiger partial charge < -0.3 is 21.1 Å². The number of carbonyl (C=O) groups excluding carboxylic acids is 2. The number of nitrogens with zero attached hydrogens (tertiary/aromatic N) is 1. The zero-order chi connectivity index (χ0) is 12.7. The number of methoxy groups -OCH3 is 1. The molecule has 2 amide bonds. The van der Waals surface area contributed by atoms with Gasteiger partial charge in [-0.05, 0) is 0 Å². The highest BCUT2D eigenvalue weighted by molar-refractivity contribution is 5.95. The second kappa shape index (κ2) is 6.48. The van der Waals surface area contributed by atoms with Crippen molar-refractivity contribution in [3.8, 4) is 0 Å². The van der Waals surface area contributed by atoms with E-state index in [0.29, 0.717) is 13.2 Å². The standard InChI is InChI=1S/C9H15N5O3/c1-17-3-2-11-8(15)5-12-9(16)6-4-7(10)14-13-6/h4H,2-3,5H2,1H3,(H,11,15)(H,12,16)(H3,10,13,14). The average Bonchev–Trinajstić information content (AvgIpc) is 2.73. The monoisotopic (exact) mass is 241 g/mol. The Hall–Kier alpha value is -2.09. The minimum absolute atomic E-state index is 0.110. The smallest absolute Gasteiger partial charge is 0.269 e. The van der Waals surface area contributed by atoms with Crippen molar-refractivity contribution in [3.63, 3.8) is 0 Å². The van der Waals surface area contributed by atoms with Crippen LogP contribution in [0.15, 0.2) is 6.07 Å². The van der Waals surface area contributed by atoms with Crippen LogP contribution in [0.5, 0.6) is 0 Å². The Kier molecular flexibility index (Phi) is 4.95. The summed E-state index contributed by atoms with van der Waals surface area (Å²) in [6.45, 7) is 0.723. The Morgan fingerprint density at radius 1 is 1.53 bits per heavy atom. The number of anilines is 1. The number of carbonyl (C=O) groups is 2. The Morgan fingerprint density at radius 2 is 2.29 bits per heavy atom. The van der Waals surface area contributed by atoms with E-state index < -0.39 is 5.91 Å². The fraction of sp³-hybridized carbons (Fsp3) is 0.444. The number of nitrogen functional groups attached to an aromatic ring is 1. The molecule has 8 heteroatoms. The fourth-order valence-corrected chi connectivity index (χ4v) is 1.06. The van der Waals surface area contributed by atoms with Gasteiger partial charge in [0.15, 0.2) is 0 Å². The minimum Gasteiger partial charge on any atom is -0.383 e. The van der Waals surface area contributed by atoms with Crippen LogP contribution in [0.1, 0.15) is 10.5 Å². The topological polar surface area (TPSA) is 122 Å². The average molecular weight is 241 g/mol. The third-order valence-corrected chi connectivity index (χ3v) is 1.88. The molecule has 5 N–H and O–H groups in total. The van der Waals surface area contributed by atoms with E-state index in [-0.39, 0.29) is 24.0 Å². The Bertz CT molecular complexity index is 390. The number of hydrogen-bond acceptors (Lipinski definition) is 5. The first kappa shape index (κ1) is 13.0. The predicted octanol–water partition coefficient (Wildman–Crippen LogP) is -1.52. The molecule has 94 valence electrons. The molecule has 0 saturated carbocycles. The SMILES string of the molecule is COCCNC(=O)CNC(=O)c1cc(N)n[nH]1. The van der Waals surface area contributed by atoms with E-state index in [4.69, 9.17) is 10.5 Å². The van der Waals surface area contributed by atoms with Gasteiger partial charge in [0.2, 0.25) is 5.91 Å². The van der Waals surface area contributed by atoms with Crippen LogP contribution in [0.2, 0.25) is 0 Å². The first-order valence-electron chi connectivity index (χ1n) is 4.98. The molecule has 0 aromatic carbocycles. The van der Waals surface area contributed by atoms with Gasteiger partial charge in [-0.1, -0.05) is 0 Å². The molecule has 0 aliphatic carbocycles. The summed E-state index contributed by atoms with van der Waals surface area (Å²) in [7, 11) is 1.54. The molecule has 8 nitrogen and oxygen atoms in total. The van der Waals surface area contributed by atoms with Crippen LogP contribution >= 0.6 is 0 Å². The van der Waals surface area contributed by atoms with E-state index in [1.807, 2.05) is 0 Å². The maximum absolute atomic E-state index is 11.4. The summed E-state index contributed by atoms with van der Waals surface area (Å²) >= 11 is 0. The normalized spacial score (nSPS) is 9.94. The van der Waals surface area contributed by atoms with Crippen molar-refractivity contribution in [1.82, 2.24) is 20.8 Å². The molecule has 1 heterocycles. The number of ether oxygens (including phenoxy) is 1. The van der Waals surface area contributed by atoms with Gasteiger partial charge in [0.05, 0.1) is 13.2 Å². The lowest BCUT2D eigenvalue weighted by Gasteiger charge is -2.05. The summed E-state index contributed by atoms with van der Waals surface area (Å²) in [5, 5.41) is 11.0. The highest BCUT2D eigenvalue weighted by Gasteiger charge is 2.09.